The van der Waals surface area contributed by atoms with E-state index in [1.54, 1.807) is 25.3 Å². The predicted molar refractivity (Wildman–Crippen MR) is 116 cm³/mol. The van der Waals surface area contributed by atoms with Gasteiger partial charge in [-0.05, 0) is 12.1 Å². The lowest BCUT2D eigenvalue weighted by Gasteiger charge is -2.18. The minimum absolute atomic E-state index is 0.0313. The molecule has 1 aliphatic heterocycles. The van der Waals surface area contributed by atoms with Crippen LogP contribution < -0.4 is 9.47 Å². The molecular formula is C22H22N2O6S. The highest BCUT2D eigenvalue weighted by Gasteiger charge is 2.43. The first kappa shape index (κ1) is 21.1. The maximum Gasteiger partial charge on any atom is 0.322 e. The molecule has 0 bridgehead atoms. The molecule has 1 N–H and O–H groups in total. The molecule has 1 fully saturated rings. The Bertz CT molecular complexity index is 1230. The number of carboxylic acids is 1. The summed E-state index contributed by atoms with van der Waals surface area (Å²) in [6.07, 6.45) is 0.461. The Kier molecular flexibility index (Phi) is 5.55. The first-order chi connectivity index (χ1) is 14.8. The van der Waals surface area contributed by atoms with Gasteiger partial charge in [0.2, 0.25) is 10.0 Å². The molecule has 2 heterocycles. The average Bonchev–Trinajstić information content (AvgIpc) is 3.18. The molecule has 0 radical (unpaired) electrons. The van der Waals surface area contributed by atoms with E-state index in [2.05, 4.69) is 0 Å². The predicted octanol–water partition coefficient (Wildman–Crippen LogP) is 2.78. The van der Waals surface area contributed by atoms with Gasteiger partial charge in [0, 0.05) is 29.5 Å². The summed E-state index contributed by atoms with van der Waals surface area (Å²) in [6.45, 7) is -0.0313. The number of methoxy groups -OCH3 is 1. The van der Waals surface area contributed by atoms with Crippen molar-refractivity contribution in [2.75, 3.05) is 19.9 Å². The number of hydrogen-bond acceptors (Lipinski definition) is 6. The topological polar surface area (TPSA) is 106 Å². The minimum atomic E-state index is -3.68. The molecule has 0 aliphatic carbocycles. The Hall–Kier alpha value is -3.17. The highest BCUT2D eigenvalue weighted by Crippen LogP contribution is 2.34. The van der Waals surface area contributed by atoms with Crippen molar-refractivity contribution < 1.29 is 27.8 Å². The van der Waals surface area contributed by atoms with Crippen molar-refractivity contribution in [3.8, 4) is 22.8 Å². The molecule has 2 aromatic carbocycles. The first-order valence-electron chi connectivity index (χ1n) is 9.67. The van der Waals surface area contributed by atoms with Gasteiger partial charge in [0.05, 0.1) is 31.1 Å². The number of hydrogen-bond donors (Lipinski definition) is 1. The van der Waals surface area contributed by atoms with Crippen molar-refractivity contribution in [3.05, 3.63) is 54.6 Å². The number of carbonyl (C=O) groups is 1. The van der Waals surface area contributed by atoms with Crippen molar-refractivity contribution in [2.24, 2.45) is 0 Å². The smallest absolute Gasteiger partial charge is 0.322 e. The van der Waals surface area contributed by atoms with E-state index < -0.39 is 28.1 Å². The SMILES string of the molecule is COc1ccc2c(O[C@@H]3C[C@@H](C(=O)O)N(S(C)(=O)=O)C3)cc(-c3ccccc3)nc2c1. The van der Waals surface area contributed by atoms with E-state index in [9.17, 15) is 18.3 Å². The van der Waals surface area contributed by atoms with Crippen LogP contribution in [0.5, 0.6) is 11.5 Å². The van der Waals surface area contributed by atoms with Gasteiger partial charge in [0.25, 0.3) is 0 Å². The van der Waals surface area contributed by atoms with Gasteiger partial charge in [-0.1, -0.05) is 30.3 Å². The fraction of sp³-hybridized carbons (Fsp3) is 0.273. The summed E-state index contributed by atoms with van der Waals surface area (Å²) in [5.74, 6) is -0.0342. The molecular weight excluding hydrogens is 420 g/mol. The normalized spacial score (nSPS) is 19.4. The Morgan fingerprint density at radius 1 is 1.16 bits per heavy atom. The van der Waals surface area contributed by atoms with Gasteiger partial charge in [-0.3, -0.25) is 4.79 Å². The zero-order valence-corrected chi connectivity index (χ0v) is 17.9. The van der Waals surface area contributed by atoms with Crippen LogP contribution in [0.3, 0.4) is 0 Å². The number of benzene rings is 2. The van der Waals surface area contributed by atoms with E-state index in [0.29, 0.717) is 22.7 Å². The number of rotatable bonds is 6. The van der Waals surface area contributed by atoms with Crippen LogP contribution in [0.2, 0.25) is 0 Å². The first-order valence-corrected chi connectivity index (χ1v) is 11.5. The highest BCUT2D eigenvalue weighted by molar-refractivity contribution is 7.88. The van der Waals surface area contributed by atoms with Gasteiger partial charge >= 0.3 is 5.97 Å². The van der Waals surface area contributed by atoms with Crippen LogP contribution in [0.1, 0.15) is 6.42 Å². The van der Waals surface area contributed by atoms with E-state index in [4.69, 9.17) is 14.5 Å². The summed E-state index contributed by atoms with van der Waals surface area (Å²) in [4.78, 5) is 16.3. The number of aliphatic carboxylic acids is 1. The fourth-order valence-corrected chi connectivity index (χ4v) is 4.86. The lowest BCUT2D eigenvalue weighted by molar-refractivity contribution is -0.140. The Morgan fingerprint density at radius 2 is 1.90 bits per heavy atom. The van der Waals surface area contributed by atoms with E-state index in [1.807, 2.05) is 36.4 Å². The molecule has 0 spiro atoms. The van der Waals surface area contributed by atoms with Gasteiger partial charge < -0.3 is 14.6 Å². The third kappa shape index (κ3) is 4.33. The molecule has 0 unspecified atom stereocenters. The molecule has 4 rings (SSSR count). The zero-order valence-electron chi connectivity index (χ0n) is 17.1. The van der Waals surface area contributed by atoms with Crippen molar-refractivity contribution in [3.63, 3.8) is 0 Å². The second kappa shape index (κ2) is 8.16. The molecule has 9 heteroatoms. The lowest BCUT2D eigenvalue weighted by Crippen LogP contribution is -2.39. The number of carboxylic acid groups (broad SMARTS) is 1. The second-order valence-corrected chi connectivity index (χ2v) is 9.35. The number of aromatic nitrogens is 1. The summed E-state index contributed by atoms with van der Waals surface area (Å²) in [6, 6.07) is 15.6. The number of fused-ring (bicyclic) bond motifs is 1. The number of sulfonamides is 1. The van der Waals surface area contributed by atoms with E-state index in [-0.39, 0.29) is 13.0 Å². The molecule has 3 aromatic rings. The third-order valence-electron chi connectivity index (χ3n) is 5.27. The molecule has 0 amide bonds. The van der Waals surface area contributed by atoms with Crippen LogP contribution in [-0.2, 0) is 14.8 Å². The van der Waals surface area contributed by atoms with E-state index in [0.717, 1.165) is 21.5 Å². The van der Waals surface area contributed by atoms with Crippen molar-refractivity contribution in [2.45, 2.75) is 18.6 Å². The van der Waals surface area contributed by atoms with Crippen LogP contribution >= 0.6 is 0 Å². The molecule has 1 aliphatic rings. The zero-order chi connectivity index (χ0) is 22.2. The average molecular weight is 442 g/mol. The van der Waals surface area contributed by atoms with Gasteiger partial charge in [-0.25, -0.2) is 13.4 Å². The van der Waals surface area contributed by atoms with Gasteiger partial charge in [0.15, 0.2) is 0 Å². The van der Waals surface area contributed by atoms with Crippen LogP contribution in [0.25, 0.3) is 22.2 Å². The quantitative estimate of drug-likeness (QED) is 0.626. The Labute approximate surface area is 180 Å². The van der Waals surface area contributed by atoms with Crippen molar-refractivity contribution in [1.29, 1.82) is 0 Å². The molecule has 2 atom stereocenters. The molecule has 162 valence electrons. The van der Waals surface area contributed by atoms with Crippen molar-refractivity contribution in [1.82, 2.24) is 9.29 Å². The maximum atomic E-state index is 12.1. The monoisotopic (exact) mass is 442 g/mol. The third-order valence-corrected chi connectivity index (χ3v) is 6.53. The van der Waals surface area contributed by atoms with Gasteiger partial charge in [-0.2, -0.15) is 4.31 Å². The summed E-state index contributed by atoms with van der Waals surface area (Å²) in [5, 5.41) is 10.2. The van der Waals surface area contributed by atoms with Gasteiger partial charge in [-0.15, -0.1) is 0 Å². The van der Waals surface area contributed by atoms with Crippen molar-refractivity contribution >= 4 is 26.9 Å². The Balaban J connectivity index is 1.75. The minimum Gasteiger partial charge on any atom is -0.497 e. The molecule has 0 saturated carbocycles. The summed E-state index contributed by atoms with van der Waals surface area (Å²) < 4.78 is 36.6. The van der Waals surface area contributed by atoms with E-state index >= 15 is 0 Å². The Morgan fingerprint density at radius 3 is 2.52 bits per heavy atom. The molecule has 1 saturated heterocycles. The lowest BCUT2D eigenvalue weighted by atomic mass is 10.1. The summed E-state index contributed by atoms with van der Waals surface area (Å²) in [5.41, 5.74) is 2.23. The highest BCUT2D eigenvalue weighted by atomic mass is 32.2. The van der Waals surface area contributed by atoms with Crippen LogP contribution in [0.15, 0.2) is 54.6 Å². The molecule has 8 nitrogen and oxygen atoms in total. The van der Waals surface area contributed by atoms with Crippen LogP contribution in [-0.4, -0.2) is 60.8 Å². The molecule has 1 aromatic heterocycles. The fourth-order valence-electron chi connectivity index (χ4n) is 3.78. The number of pyridine rings is 1. The van der Waals surface area contributed by atoms with Crippen LogP contribution in [0.4, 0.5) is 0 Å². The number of ether oxygens (including phenoxy) is 2. The van der Waals surface area contributed by atoms with E-state index in [1.165, 1.54) is 0 Å². The second-order valence-electron chi connectivity index (χ2n) is 7.42. The molecule has 31 heavy (non-hydrogen) atoms. The summed E-state index contributed by atoms with van der Waals surface area (Å²) >= 11 is 0. The van der Waals surface area contributed by atoms with Crippen LogP contribution in [0, 0.1) is 0 Å². The number of nitrogens with zero attached hydrogens (tertiary/aromatic N) is 2. The maximum absolute atomic E-state index is 12.1. The van der Waals surface area contributed by atoms with Gasteiger partial charge in [0.1, 0.15) is 23.6 Å². The largest absolute Gasteiger partial charge is 0.497 e. The summed E-state index contributed by atoms with van der Waals surface area (Å²) in [7, 11) is -2.11. The standard InChI is InChI=1S/C22H22N2O6S/c1-29-15-8-9-17-19(10-15)23-18(14-6-4-3-5-7-14)12-21(17)30-16-11-20(22(25)26)24(13-16)31(2,27)28/h3-10,12,16,20H,11,13H2,1-2H3,(H,25,26)/t16-,20+/m1/s1.